The van der Waals surface area contributed by atoms with Crippen molar-refractivity contribution in [2.45, 2.75) is 12.3 Å². The predicted molar refractivity (Wildman–Crippen MR) is 50.1 cm³/mol. The first-order valence-electron chi connectivity index (χ1n) is 3.79. The van der Waals surface area contributed by atoms with E-state index in [-0.39, 0.29) is 0 Å². The van der Waals surface area contributed by atoms with Gasteiger partial charge >= 0.3 is 15.2 Å². The highest BCUT2D eigenvalue weighted by Gasteiger charge is 2.43. The molecule has 0 radical (unpaired) electrons. The van der Waals surface area contributed by atoms with Gasteiger partial charge in [-0.3, -0.25) is 4.57 Å². The van der Waals surface area contributed by atoms with Gasteiger partial charge in [0.05, 0.1) is 6.20 Å². The number of hydrogen-bond donors (Lipinski definition) is 3. The van der Waals surface area contributed by atoms with Crippen LogP contribution < -0.4 is 4.62 Å². The van der Waals surface area contributed by atoms with Crippen molar-refractivity contribution < 1.29 is 28.4 Å². The van der Waals surface area contributed by atoms with E-state index in [9.17, 15) is 14.0 Å². The molecule has 0 saturated carbocycles. The lowest BCUT2D eigenvalue weighted by molar-refractivity contribution is 0.226. The van der Waals surface area contributed by atoms with Crippen LogP contribution in [0.5, 0.6) is 0 Å². The second kappa shape index (κ2) is 4.08. The third-order valence-corrected chi connectivity index (χ3v) is 5.77. The van der Waals surface area contributed by atoms with Crippen LogP contribution in [0.1, 0.15) is 6.92 Å². The minimum Gasteiger partial charge on any atom is -0.331 e. The van der Waals surface area contributed by atoms with Crippen molar-refractivity contribution >= 4 is 15.2 Å². The van der Waals surface area contributed by atoms with Gasteiger partial charge in [-0.2, -0.15) is 4.73 Å². The molecule has 2 unspecified atom stereocenters. The average Bonchev–Trinajstić information content (AvgIpc) is 2.53. The summed E-state index contributed by atoms with van der Waals surface area (Å²) in [6.45, 7) is 0.943. The van der Waals surface area contributed by atoms with E-state index >= 15 is 0 Å². The Bertz CT molecular complexity index is 411. The van der Waals surface area contributed by atoms with Gasteiger partial charge in [0, 0.05) is 6.20 Å². The van der Waals surface area contributed by atoms with Crippen molar-refractivity contribution in [2.75, 3.05) is 0 Å². The molecular weight excluding hydrogens is 246 g/mol. The summed E-state index contributed by atoms with van der Waals surface area (Å²) in [6, 6.07) is 0. The quantitative estimate of drug-likeness (QED) is 0.649. The van der Waals surface area contributed by atoms with Crippen molar-refractivity contribution in [1.29, 1.82) is 0 Å². The minimum atomic E-state index is -4.67. The largest absolute Gasteiger partial charge is 0.410 e. The Morgan fingerprint density at radius 3 is 2.40 bits per heavy atom. The molecule has 1 aromatic heterocycles. The third kappa shape index (κ3) is 3.15. The number of hydrogen-bond acceptors (Lipinski definition) is 4. The zero-order chi connectivity index (χ0) is 11.7. The molecule has 2 atom stereocenters. The Hall–Kier alpha value is -0.650. The molecule has 0 bridgehead atoms. The fourth-order valence-corrected chi connectivity index (χ4v) is 2.84. The number of rotatable bonds is 4. The third-order valence-electron chi connectivity index (χ3n) is 1.65. The van der Waals surface area contributed by atoms with Crippen molar-refractivity contribution in [3.05, 3.63) is 18.7 Å². The van der Waals surface area contributed by atoms with E-state index in [0.717, 1.165) is 18.0 Å². The van der Waals surface area contributed by atoms with Crippen LogP contribution in [0.4, 0.5) is 0 Å². The first kappa shape index (κ1) is 12.4. The van der Waals surface area contributed by atoms with Gasteiger partial charge in [0.2, 0.25) is 0 Å². The molecule has 0 aliphatic carbocycles. The first-order chi connectivity index (χ1) is 6.73. The molecule has 3 N–H and O–H groups in total. The van der Waals surface area contributed by atoms with Crippen molar-refractivity contribution in [3.63, 3.8) is 0 Å². The second-order valence-electron chi connectivity index (χ2n) is 2.79. The summed E-state index contributed by atoms with van der Waals surface area (Å²) in [5, 5.41) is -1.78. The van der Waals surface area contributed by atoms with Crippen LogP contribution in [0.2, 0.25) is 0 Å². The summed E-state index contributed by atoms with van der Waals surface area (Å²) in [4.78, 5) is 30.3. The maximum Gasteiger partial charge on any atom is 0.410 e. The minimum absolute atomic E-state index is 0.812. The van der Waals surface area contributed by atoms with Gasteiger partial charge in [0.1, 0.15) is 6.33 Å². The molecule has 1 heterocycles. The zero-order valence-electron chi connectivity index (χ0n) is 7.66. The molecule has 0 saturated heterocycles. The zero-order valence-corrected chi connectivity index (χ0v) is 9.45. The molecule has 1 rings (SSSR count). The Morgan fingerprint density at radius 2 is 2.00 bits per heavy atom. The first-order valence-corrected chi connectivity index (χ1v) is 7.12. The van der Waals surface area contributed by atoms with Gasteiger partial charge in [-0.15, -0.1) is 0 Å². The Labute approximate surface area is 85.2 Å². The van der Waals surface area contributed by atoms with Crippen LogP contribution in [-0.4, -0.2) is 29.8 Å². The fraction of sp³-hybridized carbons (Fsp3) is 0.400. The van der Waals surface area contributed by atoms with Crippen LogP contribution in [-0.2, 0) is 9.13 Å². The van der Waals surface area contributed by atoms with Crippen LogP contribution >= 0.6 is 15.2 Å². The molecule has 0 aromatic carbocycles. The maximum atomic E-state index is 11.4. The van der Waals surface area contributed by atoms with Gasteiger partial charge in [-0.25, -0.2) is 9.55 Å². The molecular formula is C5H10N2O6P2. The summed E-state index contributed by atoms with van der Waals surface area (Å²) in [5.74, 6) is 0. The molecule has 1 aromatic rings. The summed E-state index contributed by atoms with van der Waals surface area (Å²) in [5.41, 5.74) is 0. The molecule has 0 aliphatic heterocycles. The summed E-state index contributed by atoms with van der Waals surface area (Å²) in [7, 11) is -9.10. The van der Waals surface area contributed by atoms with Crippen LogP contribution in [0.15, 0.2) is 18.7 Å². The standard InChI is InChI=1S/C5H10N2O6P2/c1-5(14(8,9)10)15(11,12)13-7-3-2-6-4-7/h2-5H,1H3,(H,11,12)(H2,8,9,10). The molecule has 8 nitrogen and oxygen atoms in total. The van der Waals surface area contributed by atoms with Crippen LogP contribution in [0.3, 0.4) is 0 Å². The highest BCUT2D eigenvalue weighted by Crippen LogP contribution is 2.60. The summed E-state index contributed by atoms with van der Waals surface area (Å²) >= 11 is 0. The van der Waals surface area contributed by atoms with E-state index in [4.69, 9.17) is 9.79 Å². The van der Waals surface area contributed by atoms with Crippen molar-refractivity contribution in [2.24, 2.45) is 0 Å². The number of imidazole rings is 1. The van der Waals surface area contributed by atoms with Gasteiger partial charge in [-0.1, -0.05) is 0 Å². The molecule has 0 spiro atoms. The van der Waals surface area contributed by atoms with E-state index < -0.39 is 20.6 Å². The van der Waals surface area contributed by atoms with E-state index in [1.165, 1.54) is 12.4 Å². The molecule has 0 amide bonds. The van der Waals surface area contributed by atoms with E-state index in [2.05, 4.69) is 9.61 Å². The smallest absolute Gasteiger partial charge is 0.331 e. The van der Waals surface area contributed by atoms with E-state index in [0.29, 0.717) is 0 Å². The lowest BCUT2D eigenvalue weighted by Crippen LogP contribution is -2.15. The highest BCUT2D eigenvalue weighted by atomic mass is 31.2. The lowest BCUT2D eigenvalue weighted by Gasteiger charge is -2.19. The monoisotopic (exact) mass is 256 g/mol. The molecule has 15 heavy (non-hydrogen) atoms. The van der Waals surface area contributed by atoms with Gasteiger partial charge in [-0.05, 0) is 6.92 Å². The van der Waals surface area contributed by atoms with Crippen LogP contribution in [0, 0.1) is 0 Å². The Balaban J connectivity index is 2.85. The predicted octanol–water partition coefficient (Wildman–Crippen LogP) is 0.0208. The maximum absolute atomic E-state index is 11.4. The van der Waals surface area contributed by atoms with E-state index in [1.54, 1.807) is 0 Å². The van der Waals surface area contributed by atoms with Crippen molar-refractivity contribution in [3.8, 4) is 0 Å². The lowest BCUT2D eigenvalue weighted by atomic mass is 11.0. The van der Waals surface area contributed by atoms with Gasteiger partial charge < -0.3 is 19.3 Å². The van der Waals surface area contributed by atoms with Crippen molar-refractivity contribution in [1.82, 2.24) is 9.71 Å². The Morgan fingerprint density at radius 1 is 1.40 bits per heavy atom. The number of nitrogens with zero attached hydrogens (tertiary/aromatic N) is 2. The Kier molecular flexibility index (Phi) is 3.38. The van der Waals surface area contributed by atoms with E-state index in [1.807, 2.05) is 0 Å². The topological polar surface area (TPSA) is 122 Å². The number of aromatic nitrogens is 2. The average molecular weight is 256 g/mol. The SMILES string of the molecule is CC(P(=O)(O)O)P(=O)(O)On1ccnc1. The van der Waals surface area contributed by atoms with Gasteiger partial charge in [0.25, 0.3) is 0 Å². The molecule has 0 fully saturated rings. The fourth-order valence-electron chi connectivity index (χ4n) is 0.689. The second-order valence-corrected chi connectivity index (χ2v) is 7.22. The molecule has 10 heteroatoms. The van der Waals surface area contributed by atoms with Gasteiger partial charge in [0.15, 0.2) is 5.40 Å². The van der Waals surface area contributed by atoms with Crippen LogP contribution in [0.25, 0.3) is 0 Å². The molecule has 86 valence electrons. The summed E-state index contributed by atoms with van der Waals surface area (Å²) in [6.07, 6.45) is 3.62. The molecule has 0 aliphatic rings. The highest BCUT2D eigenvalue weighted by molar-refractivity contribution is 7.71. The summed E-state index contributed by atoms with van der Waals surface area (Å²) < 4.78 is 27.5. The normalized spacial score (nSPS) is 18.1.